The molecule has 0 radical (unpaired) electrons. The van der Waals surface area contributed by atoms with Crippen molar-refractivity contribution in [2.24, 2.45) is 4.99 Å². The minimum atomic E-state index is -3.35. The Morgan fingerprint density at radius 2 is 1.97 bits per heavy atom. The molecule has 13 heteroatoms. The lowest BCUT2D eigenvalue weighted by Crippen LogP contribution is -2.31. The molecule has 0 spiro atoms. The fourth-order valence-electron chi connectivity index (χ4n) is 3.18. The Morgan fingerprint density at radius 3 is 2.71 bits per heavy atom. The molecule has 0 unspecified atom stereocenters. The van der Waals surface area contributed by atoms with E-state index >= 15 is 0 Å². The van der Waals surface area contributed by atoms with Crippen LogP contribution in [0.2, 0.25) is 5.02 Å². The van der Waals surface area contributed by atoms with E-state index in [-0.39, 0.29) is 29.2 Å². The van der Waals surface area contributed by atoms with E-state index in [4.69, 9.17) is 11.6 Å². The van der Waals surface area contributed by atoms with E-state index in [1.165, 1.54) is 53.9 Å². The summed E-state index contributed by atoms with van der Waals surface area (Å²) in [6.45, 7) is -0.888. The SMILES string of the molecule is O=C(Cc1c(Cl)ccc(=NCC(F)(F)c2ccccn2)n1O)NCc1ncccc1-n1cncn1. The molecule has 2 N–H and O–H groups in total. The molecule has 4 rings (SSSR count). The van der Waals surface area contributed by atoms with Gasteiger partial charge in [0.25, 0.3) is 0 Å². The first kappa shape index (κ1) is 24.0. The molecule has 0 aliphatic carbocycles. The van der Waals surface area contributed by atoms with Crippen LogP contribution in [-0.4, -0.2) is 47.1 Å². The summed E-state index contributed by atoms with van der Waals surface area (Å²) >= 11 is 6.15. The van der Waals surface area contributed by atoms with Gasteiger partial charge < -0.3 is 10.5 Å². The van der Waals surface area contributed by atoms with Crippen molar-refractivity contribution in [3.8, 4) is 5.69 Å². The summed E-state index contributed by atoms with van der Waals surface area (Å²) in [5.41, 5.74) is 0.529. The molecule has 0 aliphatic rings. The number of nitrogens with one attached hydrogen (secondary N) is 1. The van der Waals surface area contributed by atoms with Gasteiger partial charge >= 0.3 is 5.92 Å². The second-order valence-corrected chi connectivity index (χ2v) is 7.70. The van der Waals surface area contributed by atoms with Crippen molar-refractivity contribution >= 4 is 17.5 Å². The first-order valence-electron chi connectivity index (χ1n) is 10.3. The molecule has 0 atom stereocenters. The smallest absolute Gasteiger partial charge is 0.308 e. The van der Waals surface area contributed by atoms with Crippen molar-refractivity contribution in [2.45, 2.75) is 18.9 Å². The Labute approximate surface area is 202 Å². The number of hydrogen-bond acceptors (Lipinski definition) is 7. The zero-order chi connectivity index (χ0) is 24.8. The molecule has 0 fully saturated rings. The Morgan fingerprint density at radius 1 is 1.14 bits per heavy atom. The third-order valence-corrected chi connectivity index (χ3v) is 5.26. The highest BCUT2D eigenvalue weighted by Gasteiger charge is 2.32. The minimum Gasteiger partial charge on any atom is -0.427 e. The van der Waals surface area contributed by atoms with Crippen molar-refractivity contribution < 1.29 is 18.8 Å². The van der Waals surface area contributed by atoms with E-state index in [0.29, 0.717) is 16.1 Å². The van der Waals surface area contributed by atoms with Gasteiger partial charge in [0.05, 0.1) is 35.1 Å². The number of carbonyl (C=O) groups excluding carboxylic acids is 1. The highest BCUT2D eigenvalue weighted by atomic mass is 35.5. The fraction of sp³-hybridized carbons (Fsp3) is 0.182. The summed E-state index contributed by atoms with van der Waals surface area (Å²) in [6.07, 6.45) is 5.38. The lowest BCUT2D eigenvalue weighted by molar-refractivity contribution is -0.120. The maximum absolute atomic E-state index is 14.4. The average molecular weight is 501 g/mol. The van der Waals surface area contributed by atoms with Crippen molar-refractivity contribution in [1.29, 1.82) is 0 Å². The summed E-state index contributed by atoms with van der Waals surface area (Å²) < 4.78 is 30.9. The number of hydrogen-bond donors (Lipinski definition) is 2. The largest absolute Gasteiger partial charge is 0.427 e. The molecule has 0 bridgehead atoms. The lowest BCUT2D eigenvalue weighted by atomic mass is 10.2. The van der Waals surface area contributed by atoms with Gasteiger partial charge in [-0.2, -0.15) is 18.6 Å². The van der Waals surface area contributed by atoms with Gasteiger partial charge in [-0.1, -0.05) is 17.7 Å². The van der Waals surface area contributed by atoms with Crippen molar-refractivity contribution in [1.82, 2.24) is 34.8 Å². The van der Waals surface area contributed by atoms with E-state index in [2.05, 4.69) is 30.4 Å². The number of alkyl halides is 2. The quantitative estimate of drug-likeness (QED) is 0.358. The molecule has 4 aromatic rings. The van der Waals surface area contributed by atoms with E-state index in [1.54, 1.807) is 18.3 Å². The van der Waals surface area contributed by atoms with Crippen LogP contribution in [-0.2, 0) is 23.7 Å². The number of aromatic nitrogens is 6. The van der Waals surface area contributed by atoms with E-state index in [0.717, 1.165) is 0 Å². The average Bonchev–Trinajstić information content (AvgIpc) is 3.40. The second kappa shape index (κ2) is 10.4. The van der Waals surface area contributed by atoms with Crippen LogP contribution in [0.5, 0.6) is 0 Å². The second-order valence-electron chi connectivity index (χ2n) is 7.30. The fourth-order valence-corrected chi connectivity index (χ4v) is 3.39. The number of halogens is 3. The van der Waals surface area contributed by atoms with Crippen LogP contribution < -0.4 is 10.8 Å². The summed E-state index contributed by atoms with van der Waals surface area (Å²) in [7, 11) is 0. The van der Waals surface area contributed by atoms with Gasteiger partial charge in [-0.25, -0.2) is 9.67 Å². The van der Waals surface area contributed by atoms with Crippen LogP contribution in [0.4, 0.5) is 8.78 Å². The van der Waals surface area contributed by atoms with E-state index in [1.807, 2.05) is 0 Å². The maximum Gasteiger partial charge on any atom is 0.308 e. The zero-order valence-corrected chi connectivity index (χ0v) is 18.8. The molecule has 0 saturated heterocycles. The van der Waals surface area contributed by atoms with Gasteiger partial charge in [0.1, 0.15) is 24.9 Å². The van der Waals surface area contributed by atoms with Gasteiger partial charge in [0.15, 0.2) is 5.49 Å². The predicted molar refractivity (Wildman–Crippen MR) is 120 cm³/mol. The third kappa shape index (κ3) is 5.66. The standard InChI is InChI=1S/C22H19ClF2N8O2/c23-15-6-7-20(30-12-22(24,25)19-5-1-2-8-28-19)33(35)18(15)10-21(34)29-11-16-17(4-3-9-27-16)32-14-26-13-31-32/h1-9,13-14,35H,10-12H2,(H,29,34). The predicted octanol–water partition coefficient (Wildman–Crippen LogP) is 2.30. The number of rotatable bonds is 8. The van der Waals surface area contributed by atoms with E-state index < -0.39 is 24.1 Å². The van der Waals surface area contributed by atoms with Crippen molar-refractivity contribution in [2.75, 3.05) is 6.54 Å². The number of carbonyl (C=O) groups is 1. The maximum atomic E-state index is 14.4. The lowest BCUT2D eigenvalue weighted by Gasteiger charge is -2.14. The molecule has 4 aromatic heterocycles. The number of nitrogens with zero attached hydrogens (tertiary/aromatic N) is 7. The Bertz CT molecular complexity index is 1380. The first-order valence-corrected chi connectivity index (χ1v) is 10.7. The molecular formula is C22H19ClF2N8O2. The first-order chi connectivity index (χ1) is 16.8. The molecular weight excluding hydrogens is 482 g/mol. The molecule has 0 aromatic carbocycles. The Balaban J connectivity index is 1.48. The molecule has 4 heterocycles. The normalized spacial score (nSPS) is 12.0. The topological polar surface area (TPSA) is 123 Å². The molecule has 180 valence electrons. The van der Waals surface area contributed by atoms with Crippen LogP contribution in [0, 0.1) is 0 Å². The molecule has 1 amide bonds. The Kier molecular flexibility index (Phi) is 7.11. The van der Waals surface area contributed by atoms with E-state index in [9.17, 15) is 18.8 Å². The van der Waals surface area contributed by atoms with Crippen molar-refractivity contribution in [3.63, 3.8) is 0 Å². The highest BCUT2D eigenvalue weighted by molar-refractivity contribution is 6.31. The van der Waals surface area contributed by atoms with Crippen LogP contribution >= 0.6 is 11.6 Å². The third-order valence-electron chi connectivity index (χ3n) is 4.92. The highest BCUT2D eigenvalue weighted by Crippen LogP contribution is 2.26. The summed E-state index contributed by atoms with van der Waals surface area (Å²) in [4.78, 5) is 28.2. The zero-order valence-electron chi connectivity index (χ0n) is 18.1. The molecule has 0 saturated carbocycles. The van der Waals surface area contributed by atoms with Crippen LogP contribution in [0.25, 0.3) is 5.69 Å². The molecule has 10 nitrogen and oxygen atoms in total. The van der Waals surface area contributed by atoms with Crippen LogP contribution in [0.1, 0.15) is 17.1 Å². The Hall–Kier alpha value is -4.19. The van der Waals surface area contributed by atoms with Crippen molar-refractivity contribution in [3.05, 3.63) is 95.1 Å². The number of amides is 1. The summed E-state index contributed by atoms with van der Waals surface area (Å²) in [5, 5.41) is 17.3. The number of pyridine rings is 3. The van der Waals surface area contributed by atoms with Gasteiger partial charge in [0.2, 0.25) is 5.91 Å². The van der Waals surface area contributed by atoms with Crippen LogP contribution in [0.15, 0.2) is 72.5 Å². The van der Waals surface area contributed by atoms with Gasteiger partial charge in [-0.15, -0.1) is 0 Å². The molecule has 35 heavy (non-hydrogen) atoms. The summed E-state index contributed by atoms with van der Waals surface area (Å²) in [6, 6.07) is 10.3. The monoisotopic (exact) mass is 500 g/mol. The summed E-state index contributed by atoms with van der Waals surface area (Å²) in [5.74, 6) is -3.84. The molecule has 0 aliphatic heterocycles. The minimum absolute atomic E-state index is 0.0101. The van der Waals surface area contributed by atoms with Gasteiger partial charge in [-0.3, -0.25) is 19.8 Å². The van der Waals surface area contributed by atoms with Gasteiger partial charge in [0, 0.05) is 12.4 Å². The van der Waals surface area contributed by atoms with Gasteiger partial charge in [-0.05, 0) is 36.4 Å². The van der Waals surface area contributed by atoms with Crippen LogP contribution in [0.3, 0.4) is 0 Å².